The summed E-state index contributed by atoms with van der Waals surface area (Å²) in [5, 5.41) is 11.5. The average molecular weight is 285 g/mol. The zero-order valence-corrected chi connectivity index (χ0v) is 11.7. The molecule has 0 radical (unpaired) electrons. The Hall–Kier alpha value is -1.44. The second-order valence-corrected chi connectivity index (χ2v) is 4.50. The first-order valence-corrected chi connectivity index (χ1v) is 5.98. The summed E-state index contributed by atoms with van der Waals surface area (Å²) >= 11 is 0. The van der Waals surface area contributed by atoms with E-state index < -0.39 is 0 Å². The molecule has 7 nitrogen and oxygen atoms in total. The molecule has 0 spiro atoms. The van der Waals surface area contributed by atoms with Crippen molar-refractivity contribution in [2.24, 2.45) is 7.05 Å². The van der Waals surface area contributed by atoms with Crippen LogP contribution in [0, 0.1) is 0 Å². The fourth-order valence-corrected chi connectivity index (χ4v) is 2.15. The Morgan fingerprint density at radius 3 is 2.95 bits per heavy atom. The summed E-state index contributed by atoms with van der Waals surface area (Å²) in [6.07, 6.45) is 1.72. The predicted octanol–water partition coefficient (Wildman–Crippen LogP) is 0.468. The van der Waals surface area contributed by atoms with Gasteiger partial charge in [0, 0.05) is 32.9 Å². The minimum Gasteiger partial charge on any atom is -0.332 e. The second kappa shape index (κ2) is 5.68. The van der Waals surface area contributed by atoms with E-state index in [4.69, 9.17) is 4.52 Å². The Morgan fingerprint density at radius 2 is 2.26 bits per heavy atom. The number of halogens is 1. The molecule has 0 amide bonds. The smallest absolute Gasteiger partial charge is 0.276 e. The number of piperazine rings is 1. The monoisotopic (exact) mass is 284 g/mol. The van der Waals surface area contributed by atoms with Gasteiger partial charge in [0.1, 0.15) is 5.69 Å². The summed E-state index contributed by atoms with van der Waals surface area (Å²) in [6, 6.07) is 2.03. The molecule has 1 saturated heterocycles. The molecule has 19 heavy (non-hydrogen) atoms. The van der Waals surface area contributed by atoms with Gasteiger partial charge in [-0.1, -0.05) is 5.16 Å². The van der Waals surface area contributed by atoms with E-state index in [2.05, 4.69) is 32.5 Å². The van der Waals surface area contributed by atoms with Crippen LogP contribution in [-0.2, 0) is 7.05 Å². The Balaban J connectivity index is 0.00000133. The van der Waals surface area contributed by atoms with Gasteiger partial charge in [-0.3, -0.25) is 9.58 Å². The lowest BCUT2D eigenvalue weighted by atomic mass is 10.2. The molecule has 1 aliphatic heterocycles. The van der Waals surface area contributed by atoms with Gasteiger partial charge >= 0.3 is 0 Å². The maximum atomic E-state index is 5.32. The molecule has 3 heterocycles. The first-order valence-electron chi connectivity index (χ1n) is 5.98. The number of rotatable bonds is 2. The zero-order valence-electron chi connectivity index (χ0n) is 10.9. The van der Waals surface area contributed by atoms with Crippen LogP contribution in [0.4, 0.5) is 0 Å². The molecule has 1 N–H and O–H groups in total. The van der Waals surface area contributed by atoms with Crippen molar-refractivity contribution in [1.29, 1.82) is 0 Å². The van der Waals surface area contributed by atoms with Gasteiger partial charge in [-0.2, -0.15) is 10.1 Å². The van der Waals surface area contributed by atoms with Gasteiger partial charge in [0.25, 0.3) is 5.89 Å². The quantitative estimate of drug-likeness (QED) is 0.864. The summed E-state index contributed by atoms with van der Waals surface area (Å²) in [5.41, 5.74) is 0.833. The van der Waals surface area contributed by atoms with Crippen molar-refractivity contribution in [3.63, 3.8) is 0 Å². The highest BCUT2D eigenvalue weighted by Gasteiger charge is 2.25. The number of aromatic nitrogens is 4. The first-order chi connectivity index (χ1) is 8.75. The summed E-state index contributed by atoms with van der Waals surface area (Å²) in [4.78, 5) is 6.70. The number of hydrogen-bond acceptors (Lipinski definition) is 6. The van der Waals surface area contributed by atoms with Crippen molar-refractivity contribution in [2.45, 2.75) is 6.04 Å². The average Bonchev–Trinajstić information content (AvgIpc) is 2.98. The van der Waals surface area contributed by atoms with Crippen molar-refractivity contribution in [2.75, 3.05) is 26.7 Å². The van der Waals surface area contributed by atoms with Gasteiger partial charge in [-0.25, -0.2) is 0 Å². The predicted molar refractivity (Wildman–Crippen MR) is 72.0 cm³/mol. The largest absolute Gasteiger partial charge is 0.332 e. The fourth-order valence-electron chi connectivity index (χ4n) is 2.15. The van der Waals surface area contributed by atoms with Crippen molar-refractivity contribution >= 4 is 12.4 Å². The Bertz CT molecular complexity index is 539. The van der Waals surface area contributed by atoms with Crippen LogP contribution in [0.25, 0.3) is 11.6 Å². The third-order valence-electron chi connectivity index (χ3n) is 3.29. The summed E-state index contributed by atoms with van der Waals surface area (Å²) in [5.74, 6) is 1.24. The molecular weight excluding hydrogens is 268 g/mol. The Kier molecular flexibility index (Phi) is 4.18. The molecule has 104 valence electrons. The summed E-state index contributed by atoms with van der Waals surface area (Å²) in [7, 11) is 3.93. The molecule has 2 aromatic rings. The molecule has 0 aromatic carbocycles. The lowest BCUT2D eigenvalue weighted by molar-refractivity contribution is 0.190. The van der Waals surface area contributed by atoms with E-state index in [1.807, 2.05) is 13.1 Å². The van der Waals surface area contributed by atoms with Gasteiger partial charge in [0.05, 0.1) is 6.04 Å². The molecular formula is C11H17ClN6O. The Morgan fingerprint density at radius 1 is 1.42 bits per heavy atom. The highest BCUT2D eigenvalue weighted by molar-refractivity contribution is 5.85. The normalized spacial score (nSPS) is 20.2. The number of aryl methyl sites for hydroxylation is 1. The Labute approximate surface area is 117 Å². The van der Waals surface area contributed by atoms with Crippen molar-refractivity contribution in [3.05, 3.63) is 18.1 Å². The number of nitrogens with zero attached hydrogens (tertiary/aromatic N) is 5. The lowest BCUT2D eigenvalue weighted by Gasteiger charge is -2.30. The standard InChI is InChI=1S/C11H16N6O.ClH/c1-16-6-5-12-7-9(16)10-14-11(18-15-10)8-3-4-13-17(8)2;/h3-4,9,12H,5-7H2,1-2H3;1H. The van der Waals surface area contributed by atoms with Gasteiger partial charge in [-0.05, 0) is 13.1 Å². The lowest BCUT2D eigenvalue weighted by Crippen LogP contribution is -2.44. The molecule has 0 bridgehead atoms. The first kappa shape index (κ1) is 14.0. The van der Waals surface area contributed by atoms with Crippen LogP contribution in [-0.4, -0.2) is 51.5 Å². The second-order valence-electron chi connectivity index (χ2n) is 4.50. The van der Waals surface area contributed by atoms with E-state index in [-0.39, 0.29) is 18.4 Å². The van der Waals surface area contributed by atoms with E-state index in [9.17, 15) is 0 Å². The molecule has 2 aromatic heterocycles. The molecule has 8 heteroatoms. The summed E-state index contributed by atoms with van der Waals surface area (Å²) in [6.45, 7) is 2.83. The number of hydrogen-bond donors (Lipinski definition) is 1. The maximum Gasteiger partial charge on any atom is 0.276 e. The van der Waals surface area contributed by atoms with E-state index >= 15 is 0 Å². The van der Waals surface area contributed by atoms with E-state index in [1.165, 1.54) is 0 Å². The SMILES string of the molecule is CN1CCNCC1c1noc(-c2ccnn2C)n1.Cl. The van der Waals surface area contributed by atoms with Gasteiger partial charge in [-0.15, -0.1) is 12.4 Å². The van der Waals surface area contributed by atoms with E-state index in [1.54, 1.807) is 10.9 Å². The molecule has 1 fully saturated rings. The third-order valence-corrected chi connectivity index (χ3v) is 3.29. The minimum atomic E-state index is 0. The van der Waals surface area contributed by atoms with Crippen LogP contribution in [0.3, 0.4) is 0 Å². The fraction of sp³-hybridized carbons (Fsp3) is 0.545. The third kappa shape index (κ3) is 2.63. The molecule has 1 unspecified atom stereocenters. The van der Waals surface area contributed by atoms with Crippen molar-refractivity contribution in [3.8, 4) is 11.6 Å². The van der Waals surface area contributed by atoms with Crippen LogP contribution in [0.5, 0.6) is 0 Å². The molecule has 1 atom stereocenters. The topological polar surface area (TPSA) is 72.0 Å². The molecule has 3 rings (SSSR count). The van der Waals surface area contributed by atoms with Crippen LogP contribution in [0.1, 0.15) is 11.9 Å². The van der Waals surface area contributed by atoms with Gasteiger partial charge in [0.15, 0.2) is 5.82 Å². The molecule has 0 aliphatic carbocycles. The van der Waals surface area contributed by atoms with Crippen LogP contribution < -0.4 is 5.32 Å². The van der Waals surface area contributed by atoms with Gasteiger partial charge < -0.3 is 9.84 Å². The van der Waals surface area contributed by atoms with Gasteiger partial charge in [0.2, 0.25) is 0 Å². The van der Waals surface area contributed by atoms with Crippen LogP contribution in [0.15, 0.2) is 16.8 Å². The van der Waals surface area contributed by atoms with Crippen molar-refractivity contribution in [1.82, 2.24) is 30.1 Å². The van der Waals surface area contributed by atoms with Crippen LogP contribution in [0.2, 0.25) is 0 Å². The highest BCUT2D eigenvalue weighted by Crippen LogP contribution is 2.21. The highest BCUT2D eigenvalue weighted by atomic mass is 35.5. The minimum absolute atomic E-state index is 0. The summed E-state index contributed by atoms with van der Waals surface area (Å²) < 4.78 is 7.04. The number of likely N-dealkylation sites (N-methyl/N-ethyl adjacent to an activating group) is 1. The van der Waals surface area contributed by atoms with E-state index in [0.717, 1.165) is 31.2 Å². The number of nitrogens with one attached hydrogen (secondary N) is 1. The van der Waals surface area contributed by atoms with Crippen molar-refractivity contribution < 1.29 is 4.52 Å². The zero-order chi connectivity index (χ0) is 12.5. The molecule has 0 saturated carbocycles. The maximum absolute atomic E-state index is 5.32. The van der Waals surface area contributed by atoms with E-state index in [0.29, 0.717) is 5.89 Å². The molecule has 1 aliphatic rings. The van der Waals surface area contributed by atoms with Crippen LogP contribution >= 0.6 is 12.4 Å².